The van der Waals surface area contributed by atoms with Crippen LogP contribution in [0.1, 0.15) is 41.3 Å². The SMILES string of the molecule is CC1CC(C(=O)O)C(C(=O)c2ccc3c(c2)COC3)C1. The molecule has 3 rings (SSSR count). The van der Waals surface area contributed by atoms with Gasteiger partial charge in [0.25, 0.3) is 0 Å². The molecule has 0 radical (unpaired) electrons. The van der Waals surface area contributed by atoms with Gasteiger partial charge in [-0.05, 0) is 36.0 Å². The van der Waals surface area contributed by atoms with Crippen LogP contribution < -0.4 is 0 Å². The second kappa shape index (κ2) is 5.02. The third-order valence-corrected chi connectivity index (χ3v) is 4.46. The zero-order valence-corrected chi connectivity index (χ0v) is 11.5. The van der Waals surface area contributed by atoms with Crippen LogP contribution >= 0.6 is 0 Å². The standard InChI is InChI=1S/C16H18O4/c1-9-4-13(14(5-9)16(18)19)15(17)10-2-3-11-7-20-8-12(11)6-10/h2-3,6,9,13-14H,4-5,7-8H2,1H3,(H,18,19). The average Bonchev–Trinajstić information content (AvgIpc) is 3.02. The smallest absolute Gasteiger partial charge is 0.307 e. The van der Waals surface area contributed by atoms with Gasteiger partial charge in [0.1, 0.15) is 0 Å². The third-order valence-electron chi connectivity index (χ3n) is 4.46. The molecule has 2 aliphatic rings. The average molecular weight is 274 g/mol. The van der Waals surface area contributed by atoms with Crippen molar-refractivity contribution in [2.45, 2.75) is 33.0 Å². The van der Waals surface area contributed by atoms with E-state index < -0.39 is 11.9 Å². The Morgan fingerprint density at radius 3 is 2.60 bits per heavy atom. The number of hydrogen-bond donors (Lipinski definition) is 1. The first-order chi connectivity index (χ1) is 9.56. The Morgan fingerprint density at radius 1 is 1.15 bits per heavy atom. The molecule has 0 bridgehead atoms. The molecule has 1 aliphatic heterocycles. The molecular formula is C16H18O4. The number of carboxylic acids is 1. The maximum absolute atomic E-state index is 12.6. The number of Topliss-reactive ketones (excluding diaryl/α,β-unsaturated/α-hetero) is 1. The van der Waals surface area contributed by atoms with Crippen molar-refractivity contribution in [3.05, 3.63) is 34.9 Å². The van der Waals surface area contributed by atoms with Crippen LogP contribution in [0.15, 0.2) is 18.2 Å². The predicted octanol–water partition coefficient (Wildman–Crippen LogP) is 2.65. The fourth-order valence-electron chi connectivity index (χ4n) is 3.39. The van der Waals surface area contributed by atoms with Crippen molar-refractivity contribution >= 4 is 11.8 Å². The number of hydrogen-bond acceptors (Lipinski definition) is 3. The first kappa shape index (κ1) is 13.3. The van der Waals surface area contributed by atoms with Gasteiger partial charge in [-0.3, -0.25) is 9.59 Å². The summed E-state index contributed by atoms with van der Waals surface area (Å²) in [5.74, 6) is -1.51. The van der Waals surface area contributed by atoms with Gasteiger partial charge in [-0.2, -0.15) is 0 Å². The van der Waals surface area contributed by atoms with Crippen LogP contribution in [-0.2, 0) is 22.7 Å². The van der Waals surface area contributed by atoms with E-state index in [1.807, 2.05) is 19.1 Å². The summed E-state index contributed by atoms with van der Waals surface area (Å²) < 4.78 is 5.35. The van der Waals surface area contributed by atoms with Gasteiger partial charge in [0.15, 0.2) is 5.78 Å². The lowest BCUT2D eigenvalue weighted by molar-refractivity contribution is -0.142. The first-order valence-corrected chi connectivity index (χ1v) is 7.03. The van der Waals surface area contributed by atoms with Crippen LogP contribution in [0.4, 0.5) is 0 Å². The molecule has 0 spiro atoms. The van der Waals surface area contributed by atoms with Crippen molar-refractivity contribution in [1.82, 2.24) is 0 Å². The lowest BCUT2D eigenvalue weighted by Crippen LogP contribution is -2.25. The highest BCUT2D eigenvalue weighted by atomic mass is 16.5. The third kappa shape index (κ3) is 2.24. The Balaban J connectivity index is 1.86. The second-order valence-electron chi connectivity index (χ2n) is 5.97. The van der Waals surface area contributed by atoms with E-state index >= 15 is 0 Å². The fraction of sp³-hybridized carbons (Fsp3) is 0.500. The summed E-state index contributed by atoms with van der Waals surface area (Å²) in [7, 11) is 0. The van der Waals surface area contributed by atoms with Crippen molar-refractivity contribution < 1.29 is 19.4 Å². The van der Waals surface area contributed by atoms with Gasteiger partial charge in [0, 0.05) is 11.5 Å². The van der Waals surface area contributed by atoms with Gasteiger partial charge < -0.3 is 9.84 Å². The Bertz CT molecular complexity index is 564. The molecule has 4 nitrogen and oxygen atoms in total. The molecule has 1 saturated carbocycles. The van der Waals surface area contributed by atoms with Crippen LogP contribution in [0.3, 0.4) is 0 Å². The van der Waals surface area contributed by atoms with Crippen molar-refractivity contribution in [2.75, 3.05) is 0 Å². The zero-order valence-electron chi connectivity index (χ0n) is 11.5. The molecule has 20 heavy (non-hydrogen) atoms. The van der Waals surface area contributed by atoms with E-state index in [9.17, 15) is 14.7 Å². The summed E-state index contributed by atoms with van der Waals surface area (Å²) in [6.07, 6.45) is 1.27. The van der Waals surface area contributed by atoms with E-state index in [2.05, 4.69) is 0 Å². The summed E-state index contributed by atoms with van der Waals surface area (Å²) in [5.41, 5.74) is 2.80. The van der Waals surface area contributed by atoms with Crippen LogP contribution in [0.2, 0.25) is 0 Å². The Kier molecular flexibility index (Phi) is 3.34. The summed E-state index contributed by atoms with van der Waals surface area (Å²) in [4.78, 5) is 23.9. The first-order valence-electron chi connectivity index (χ1n) is 7.03. The molecule has 0 aromatic heterocycles. The number of carboxylic acid groups (broad SMARTS) is 1. The summed E-state index contributed by atoms with van der Waals surface area (Å²) in [6, 6.07) is 5.59. The van der Waals surface area contributed by atoms with E-state index in [0.29, 0.717) is 37.5 Å². The topological polar surface area (TPSA) is 63.6 Å². The van der Waals surface area contributed by atoms with Crippen LogP contribution in [0.25, 0.3) is 0 Å². The molecule has 3 unspecified atom stereocenters. The molecule has 1 aliphatic carbocycles. The number of benzene rings is 1. The number of fused-ring (bicyclic) bond motifs is 1. The normalized spacial score (nSPS) is 28.4. The number of carbonyl (C=O) groups is 2. The van der Waals surface area contributed by atoms with Crippen LogP contribution in [0.5, 0.6) is 0 Å². The summed E-state index contributed by atoms with van der Waals surface area (Å²) in [6.45, 7) is 3.15. The minimum absolute atomic E-state index is 0.0311. The van der Waals surface area contributed by atoms with Gasteiger partial charge in [-0.1, -0.05) is 19.1 Å². The van der Waals surface area contributed by atoms with Gasteiger partial charge in [0.05, 0.1) is 19.1 Å². The number of rotatable bonds is 3. The molecule has 1 fully saturated rings. The number of ether oxygens (including phenoxy) is 1. The maximum Gasteiger partial charge on any atom is 0.307 e. The van der Waals surface area contributed by atoms with Gasteiger partial charge in [-0.25, -0.2) is 0 Å². The predicted molar refractivity (Wildman–Crippen MR) is 72.3 cm³/mol. The molecule has 1 aromatic rings. The highest BCUT2D eigenvalue weighted by Crippen LogP contribution is 2.38. The van der Waals surface area contributed by atoms with E-state index in [-0.39, 0.29) is 11.7 Å². The number of aliphatic carboxylic acids is 1. The van der Waals surface area contributed by atoms with E-state index in [0.717, 1.165) is 11.1 Å². The molecule has 1 heterocycles. The molecular weight excluding hydrogens is 256 g/mol. The molecule has 106 valence electrons. The molecule has 0 saturated heterocycles. The second-order valence-corrected chi connectivity index (χ2v) is 5.97. The van der Waals surface area contributed by atoms with E-state index in [1.54, 1.807) is 6.07 Å². The molecule has 1 aromatic carbocycles. The Labute approximate surface area is 117 Å². The fourth-order valence-corrected chi connectivity index (χ4v) is 3.39. The van der Waals surface area contributed by atoms with Gasteiger partial charge in [-0.15, -0.1) is 0 Å². The highest BCUT2D eigenvalue weighted by molar-refractivity contribution is 6.00. The zero-order chi connectivity index (χ0) is 14.3. The molecule has 4 heteroatoms. The lowest BCUT2D eigenvalue weighted by atomic mass is 9.87. The van der Waals surface area contributed by atoms with Crippen molar-refractivity contribution in [1.29, 1.82) is 0 Å². The summed E-state index contributed by atoms with van der Waals surface area (Å²) >= 11 is 0. The Hall–Kier alpha value is -1.68. The minimum Gasteiger partial charge on any atom is -0.481 e. The van der Waals surface area contributed by atoms with Crippen molar-refractivity contribution in [3.8, 4) is 0 Å². The van der Waals surface area contributed by atoms with Crippen molar-refractivity contribution in [2.24, 2.45) is 17.8 Å². The minimum atomic E-state index is -0.850. The largest absolute Gasteiger partial charge is 0.481 e. The monoisotopic (exact) mass is 274 g/mol. The Morgan fingerprint density at radius 2 is 1.85 bits per heavy atom. The molecule has 3 atom stereocenters. The lowest BCUT2D eigenvalue weighted by Gasteiger charge is -2.15. The summed E-state index contributed by atoms with van der Waals surface area (Å²) in [5, 5.41) is 9.28. The molecule has 0 amide bonds. The number of carbonyl (C=O) groups excluding carboxylic acids is 1. The number of ketones is 1. The highest BCUT2D eigenvalue weighted by Gasteiger charge is 2.41. The van der Waals surface area contributed by atoms with Crippen LogP contribution in [-0.4, -0.2) is 16.9 Å². The van der Waals surface area contributed by atoms with E-state index in [4.69, 9.17) is 4.74 Å². The van der Waals surface area contributed by atoms with Crippen LogP contribution in [0, 0.1) is 17.8 Å². The van der Waals surface area contributed by atoms with E-state index in [1.165, 1.54) is 0 Å². The molecule has 1 N–H and O–H groups in total. The van der Waals surface area contributed by atoms with Gasteiger partial charge >= 0.3 is 5.97 Å². The quantitative estimate of drug-likeness (QED) is 0.861. The van der Waals surface area contributed by atoms with Gasteiger partial charge in [0.2, 0.25) is 0 Å². The van der Waals surface area contributed by atoms with Crippen molar-refractivity contribution in [3.63, 3.8) is 0 Å². The maximum atomic E-state index is 12.6.